The van der Waals surface area contributed by atoms with Crippen molar-refractivity contribution in [3.05, 3.63) is 0 Å². The highest BCUT2D eigenvalue weighted by Gasteiger charge is 2.26. The fourth-order valence-electron chi connectivity index (χ4n) is 1.86. The molecular weight excluding hydrogens is 138 g/mol. The minimum Gasteiger partial charge on any atom is -0.364 e. The average molecular weight is 153 g/mol. The Morgan fingerprint density at radius 3 is 3.45 bits per heavy atom. The van der Waals surface area contributed by atoms with Gasteiger partial charge in [0.25, 0.3) is 0 Å². The molecule has 2 aliphatic rings. The van der Waals surface area contributed by atoms with Crippen LogP contribution < -0.4 is 5.32 Å². The van der Waals surface area contributed by atoms with Gasteiger partial charge in [-0.05, 0) is 19.4 Å². The van der Waals surface area contributed by atoms with Crippen LogP contribution in [-0.2, 0) is 0 Å². The van der Waals surface area contributed by atoms with Crippen molar-refractivity contribution < 1.29 is 0 Å². The van der Waals surface area contributed by atoms with E-state index in [1.165, 1.54) is 19.4 Å². The van der Waals surface area contributed by atoms with Gasteiger partial charge >= 0.3 is 0 Å². The summed E-state index contributed by atoms with van der Waals surface area (Å²) in [5.74, 6) is 0. The fourth-order valence-corrected chi connectivity index (χ4v) is 1.86. The van der Waals surface area contributed by atoms with E-state index in [-0.39, 0.29) is 0 Å². The van der Waals surface area contributed by atoms with Crippen LogP contribution in [0.25, 0.3) is 0 Å². The summed E-state index contributed by atoms with van der Waals surface area (Å²) in [4.78, 5) is 6.62. The highest BCUT2D eigenvalue weighted by molar-refractivity contribution is 5.56. The van der Waals surface area contributed by atoms with Crippen LogP contribution in [0.15, 0.2) is 4.99 Å². The number of nitrogens with zero attached hydrogens (tertiary/aromatic N) is 2. The summed E-state index contributed by atoms with van der Waals surface area (Å²) in [5.41, 5.74) is 0. The molecule has 2 heterocycles. The van der Waals surface area contributed by atoms with Gasteiger partial charge in [-0.2, -0.15) is 0 Å². The molecule has 0 aromatic carbocycles. The minimum atomic E-state index is 0.556. The van der Waals surface area contributed by atoms with Gasteiger partial charge in [-0.25, -0.2) is 0 Å². The van der Waals surface area contributed by atoms with E-state index in [0.29, 0.717) is 12.1 Å². The van der Waals surface area contributed by atoms with Gasteiger partial charge in [0.2, 0.25) is 0 Å². The molecule has 11 heavy (non-hydrogen) atoms. The molecule has 2 atom stereocenters. The van der Waals surface area contributed by atoms with Crippen molar-refractivity contribution in [1.82, 2.24) is 10.2 Å². The third-order valence-electron chi connectivity index (χ3n) is 2.49. The van der Waals surface area contributed by atoms with Gasteiger partial charge in [-0.15, -0.1) is 0 Å². The summed E-state index contributed by atoms with van der Waals surface area (Å²) >= 11 is 0. The first-order valence-electron chi connectivity index (χ1n) is 4.33. The Bertz CT molecular complexity index is 167. The number of nitrogens with one attached hydrogen (secondary N) is 1. The number of hydrogen-bond donors (Lipinski definition) is 1. The van der Waals surface area contributed by atoms with E-state index in [9.17, 15) is 0 Å². The number of hydrogen-bond acceptors (Lipinski definition) is 3. The molecule has 3 nitrogen and oxygen atoms in total. The molecule has 2 aliphatic heterocycles. The van der Waals surface area contributed by atoms with Crippen LogP contribution in [0.1, 0.15) is 12.8 Å². The van der Waals surface area contributed by atoms with E-state index >= 15 is 0 Å². The zero-order valence-corrected chi connectivity index (χ0v) is 6.95. The predicted molar refractivity (Wildman–Crippen MR) is 45.9 cm³/mol. The maximum absolute atomic E-state index is 4.47. The number of piperidine rings is 1. The van der Waals surface area contributed by atoms with E-state index in [1.807, 2.05) is 6.34 Å². The molecule has 0 radical (unpaired) electrons. The van der Waals surface area contributed by atoms with Crippen LogP contribution in [-0.4, -0.2) is 43.5 Å². The van der Waals surface area contributed by atoms with E-state index in [4.69, 9.17) is 0 Å². The van der Waals surface area contributed by atoms with Gasteiger partial charge in [-0.1, -0.05) is 0 Å². The highest BCUT2D eigenvalue weighted by Crippen LogP contribution is 2.15. The van der Waals surface area contributed by atoms with Crippen molar-refractivity contribution >= 4 is 6.34 Å². The smallest absolute Gasteiger partial charge is 0.0851 e. The van der Waals surface area contributed by atoms with Crippen molar-refractivity contribution in [2.45, 2.75) is 24.9 Å². The number of rotatable bonds is 0. The first kappa shape index (κ1) is 7.10. The zero-order chi connectivity index (χ0) is 7.68. The second kappa shape index (κ2) is 2.81. The van der Waals surface area contributed by atoms with Crippen molar-refractivity contribution in [3.63, 3.8) is 0 Å². The minimum absolute atomic E-state index is 0.556. The second-order valence-electron chi connectivity index (χ2n) is 3.47. The fraction of sp³-hybridized carbons (Fsp3) is 0.875. The zero-order valence-electron chi connectivity index (χ0n) is 6.95. The van der Waals surface area contributed by atoms with Crippen LogP contribution in [0.5, 0.6) is 0 Å². The average Bonchev–Trinajstić information content (AvgIpc) is 2.04. The van der Waals surface area contributed by atoms with E-state index in [1.54, 1.807) is 0 Å². The van der Waals surface area contributed by atoms with Gasteiger partial charge in [0.05, 0.1) is 12.4 Å². The first-order chi connectivity index (χ1) is 5.36. The largest absolute Gasteiger partial charge is 0.364 e. The molecule has 0 aliphatic carbocycles. The molecule has 0 aromatic heterocycles. The molecule has 1 N–H and O–H groups in total. The van der Waals surface area contributed by atoms with Gasteiger partial charge in [-0.3, -0.25) is 4.99 Å². The third kappa shape index (κ3) is 1.38. The van der Waals surface area contributed by atoms with Crippen LogP contribution in [0.4, 0.5) is 0 Å². The molecular formula is C8H15N3. The number of likely N-dealkylation sites (N-methyl/N-ethyl adjacent to an activating group) is 1. The van der Waals surface area contributed by atoms with Gasteiger partial charge in [0, 0.05) is 19.6 Å². The summed E-state index contributed by atoms with van der Waals surface area (Å²) in [7, 11) is 2.08. The van der Waals surface area contributed by atoms with Crippen LogP contribution in [0.2, 0.25) is 0 Å². The van der Waals surface area contributed by atoms with Gasteiger partial charge in [0.1, 0.15) is 0 Å². The Labute approximate surface area is 67.5 Å². The summed E-state index contributed by atoms with van der Waals surface area (Å²) in [6.07, 6.45) is 4.51. The maximum atomic E-state index is 4.47. The third-order valence-corrected chi connectivity index (χ3v) is 2.49. The van der Waals surface area contributed by atoms with Gasteiger partial charge in [0.15, 0.2) is 0 Å². The lowest BCUT2D eigenvalue weighted by atomic mass is 9.98. The molecule has 0 aromatic rings. The van der Waals surface area contributed by atoms with Gasteiger partial charge < -0.3 is 10.2 Å². The van der Waals surface area contributed by atoms with Crippen molar-refractivity contribution in [2.75, 3.05) is 20.1 Å². The monoisotopic (exact) mass is 153 g/mol. The quantitative estimate of drug-likeness (QED) is 0.534. The number of fused-ring (bicyclic) bond motifs is 1. The summed E-state index contributed by atoms with van der Waals surface area (Å²) < 4.78 is 0. The Kier molecular flexibility index (Phi) is 1.82. The van der Waals surface area contributed by atoms with Crippen LogP contribution in [0, 0.1) is 0 Å². The van der Waals surface area contributed by atoms with E-state index < -0.39 is 0 Å². The molecule has 0 saturated carbocycles. The van der Waals surface area contributed by atoms with Crippen LogP contribution >= 0.6 is 0 Å². The van der Waals surface area contributed by atoms with Crippen LogP contribution in [0.3, 0.4) is 0 Å². The molecule has 0 spiro atoms. The molecule has 0 bridgehead atoms. The van der Waals surface area contributed by atoms with Crippen molar-refractivity contribution in [1.29, 1.82) is 0 Å². The van der Waals surface area contributed by atoms with E-state index in [2.05, 4.69) is 22.3 Å². The Morgan fingerprint density at radius 2 is 2.55 bits per heavy atom. The first-order valence-corrected chi connectivity index (χ1v) is 4.33. The molecule has 0 amide bonds. The lowest BCUT2D eigenvalue weighted by Gasteiger charge is -2.36. The lowest BCUT2D eigenvalue weighted by Crippen LogP contribution is -2.52. The SMILES string of the molecule is CN1C=NC2CCCNC2C1. The lowest BCUT2D eigenvalue weighted by molar-refractivity contribution is 0.284. The Morgan fingerprint density at radius 1 is 1.64 bits per heavy atom. The molecule has 3 heteroatoms. The van der Waals surface area contributed by atoms with Crippen molar-refractivity contribution in [3.8, 4) is 0 Å². The molecule has 62 valence electrons. The normalized spacial score (nSPS) is 37.0. The molecule has 1 fully saturated rings. The predicted octanol–water partition coefficient (Wildman–Crippen LogP) is 0.0807. The second-order valence-corrected chi connectivity index (χ2v) is 3.47. The summed E-state index contributed by atoms with van der Waals surface area (Å²) in [5, 5.41) is 3.50. The highest BCUT2D eigenvalue weighted by atomic mass is 15.2. The van der Waals surface area contributed by atoms with E-state index in [0.717, 1.165) is 6.54 Å². The summed E-state index contributed by atoms with van der Waals surface area (Å²) in [6, 6.07) is 1.17. The Balaban J connectivity index is 2.05. The topological polar surface area (TPSA) is 27.6 Å². The standard InChI is InChI=1S/C8H15N3/c1-11-5-8-7(10-6-11)3-2-4-9-8/h6-9H,2-5H2,1H3. The number of aliphatic imine (C=N–C) groups is 1. The Hall–Kier alpha value is -0.570. The maximum Gasteiger partial charge on any atom is 0.0851 e. The summed E-state index contributed by atoms with van der Waals surface area (Å²) in [6.45, 7) is 2.29. The van der Waals surface area contributed by atoms with Crippen molar-refractivity contribution in [2.24, 2.45) is 4.99 Å². The molecule has 1 saturated heterocycles. The molecule has 2 unspecified atom stereocenters. The molecule has 2 rings (SSSR count).